The lowest BCUT2D eigenvalue weighted by atomic mass is 9.67. The van der Waals surface area contributed by atoms with Gasteiger partial charge in [-0.15, -0.1) is 0 Å². The number of carbonyl (C=O) groups excluding carboxylic acids is 1. The van der Waals surface area contributed by atoms with Crippen LogP contribution < -0.4 is 0 Å². The van der Waals surface area contributed by atoms with Gasteiger partial charge in [0.1, 0.15) is 0 Å². The zero-order chi connectivity index (χ0) is 20.1. The first-order valence-corrected chi connectivity index (χ1v) is 10.7. The lowest BCUT2D eigenvalue weighted by Gasteiger charge is -2.41. The van der Waals surface area contributed by atoms with Crippen molar-refractivity contribution in [2.45, 2.75) is 69.7 Å². The Labute approximate surface area is 168 Å². The molecule has 0 radical (unpaired) electrons. The van der Waals surface area contributed by atoms with E-state index in [-0.39, 0.29) is 18.0 Å². The molecule has 2 fully saturated rings. The molecule has 154 valence electrons. The molecule has 5 heteroatoms. The van der Waals surface area contributed by atoms with E-state index in [4.69, 9.17) is 5.11 Å². The van der Waals surface area contributed by atoms with Gasteiger partial charge < -0.3 is 10.0 Å². The Morgan fingerprint density at radius 2 is 1.82 bits per heavy atom. The molecule has 1 aliphatic heterocycles. The molecule has 1 amide bonds. The summed E-state index contributed by atoms with van der Waals surface area (Å²) in [6.07, 6.45) is 8.04. The zero-order valence-electron chi connectivity index (χ0n) is 17.3. The van der Waals surface area contributed by atoms with Crippen LogP contribution in [0, 0.1) is 6.92 Å². The van der Waals surface area contributed by atoms with Crippen molar-refractivity contribution in [2.24, 2.45) is 0 Å². The van der Waals surface area contributed by atoms with Crippen LogP contribution in [0.1, 0.15) is 62.5 Å². The molecule has 3 rings (SSSR count). The van der Waals surface area contributed by atoms with E-state index in [0.717, 1.165) is 58.0 Å². The molecule has 0 aromatic heterocycles. The quantitative estimate of drug-likeness (QED) is 0.840. The second-order valence-electron chi connectivity index (χ2n) is 8.64. The molecular formula is C23H34N2O3. The molecule has 0 bridgehead atoms. The summed E-state index contributed by atoms with van der Waals surface area (Å²) in [5, 5.41) is 9.07. The minimum absolute atomic E-state index is 0.0613. The van der Waals surface area contributed by atoms with Crippen LogP contribution in [-0.4, -0.2) is 59.5 Å². The van der Waals surface area contributed by atoms with Crippen LogP contribution in [0.15, 0.2) is 24.3 Å². The third-order valence-corrected chi connectivity index (χ3v) is 6.77. The topological polar surface area (TPSA) is 60.9 Å². The predicted octanol–water partition coefficient (Wildman–Crippen LogP) is 3.59. The number of likely N-dealkylation sites (N-methyl/N-ethyl adjacent to an activating group) is 1. The molecule has 5 nitrogen and oxygen atoms in total. The van der Waals surface area contributed by atoms with Crippen molar-refractivity contribution < 1.29 is 14.7 Å². The molecule has 1 aromatic carbocycles. The normalized spacial score (nSPS) is 22.7. The van der Waals surface area contributed by atoms with E-state index in [0.29, 0.717) is 5.91 Å². The maximum absolute atomic E-state index is 13.9. The second-order valence-corrected chi connectivity index (χ2v) is 8.64. The van der Waals surface area contributed by atoms with Crippen molar-refractivity contribution in [3.8, 4) is 0 Å². The lowest BCUT2D eigenvalue weighted by Crippen LogP contribution is -2.49. The van der Waals surface area contributed by atoms with Gasteiger partial charge in [0.15, 0.2) is 0 Å². The summed E-state index contributed by atoms with van der Waals surface area (Å²) in [6.45, 7) is 3.69. The number of likely N-dealkylation sites (tertiary alicyclic amines) is 1. The van der Waals surface area contributed by atoms with Gasteiger partial charge in [-0.1, -0.05) is 43.5 Å². The van der Waals surface area contributed by atoms with Crippen LogP contribution >= 0.6 is 0 Å². The van der Waals surface area contributed by atoms with E-state index in [9.17, 15) is 9.59 Å². The van der Waals surface area contributed by atoms with Gasteiger partial charge in [-0.2, -0.15) is 0 Å². The van der Waals surface area contributed by atoms with Crippen LogP contribution in [0.4, 0.5) is 0 Å². The van der Waals surface area contributed by atoms with E-state index in [1.807, 2.05) is 11.9 Å². The number of nitrogens with zero attached hydrogens (tertiary/aromatic N) is 2. The molecule has 1 saturated heterocycles. The Morgan fingerprint density at radius 3 is 2.50 bits per heavy atom. The standard InChI is InChI=1S/C23H34N2O3/c1-18-9-4-5-11-20(18)23(13-6-3-7-14-23)22(28)25-15-8-10-19(12-16-25)24(2)17-21(26)27/h4-5,9,11,19H,3,6-8,10,12-17H2,1-2H3,(H,26,27). The third kappa shape index (κ3) is 4.40. The third-order valence-electron chi connectivity index (χ3n) is 6.77. The summed E-state index contributed by atoms with van der Waals surface area (Å²) < 4.78 is 0. The van der Waals surface area contributed by atoms with Gasteiger partial charge in [-0.25, -0.2) is 0 Å². The molecule has 1 aliphatic carbocycles. The Balaban J connectivity index is 1.78. The number of carbonyl (C=O) groups is 2. The average Bonchev–Trinajstić information content (AvgIpc) is 2.94. The van der Waals surface area contributed by atoms with E-state index in [1.165, 1.54) is 17.5 Å². The van der Waals surface area contributed by atoms with Gasteiger partial charge in [-0.3, -0.25) is 14.5 Å². The molecule has 1 saturated carbocycles. The Kier molecular flexibility index (Phi) is 6.76. The number of aliphatic carboxylic acids is 1. The first-order valence-electron chi connectivity index (χ1n) is 10.7. The Hall–Kier alpha value is -1.88. The number of carboxylic acids is 1. The van der Waals surface area contributed by atoms with Crippen LogP contribution in [0.5, 0.6) is 0 Å². The summed E-state index contributed by atoms with van der Waals surface area (Å²) in [6, 6.07) is 8.62. The van der Waals surface area contributed by atoms with Crippen molar-refractivity contribution in [1.29, 1.82) is 0 Å². The van der Waals surface area contributed by atoms with Crippen LogP contribution in [-0.2, 0) is 15.0 Å². The van der Waals surface area contributed by atoms with Gasteiger partial charge in [0, 0.05) is 19.1 Å². The summed E-state index contributed by atoms with van der Waals surface area (Å²) >= 11 is 0. The minimum Gasteiger partial charge on any atom is -0.480 e. The molecule has 1 heterocycles. The molecule has 28 heavy (non-hydrogen) atoms. The molecule has 0 spiro atoms. The highest BCUT2D eigenvalue weighted by Crippen LogP contribution is 2.42. The second kappa shape index (κ2) is 9.08. The van der Waals surface area contributed by atoms with Gasteiger partial charge >= 0.3 is 5.97 Å². The van der Waals surface area contributed by atoms with Crippen LogP contribution in [0.2, 0.25) is 0 Å². The Bertz CT molecular complexity index is 697. The minimum atomic E-state index is -0.791. The van der Waals surface area contributed by atoms with Crippen molar-refractivity contribution in [3.63, 3.8) is 0 Å². The van der Waals surface area contributed by atoms with E-state index in [2.05, 4.69) is 36.1 Å². The van der Waals surface area contributed by atoms with E-state index in [1.54, 1.807) is 0 Å². The molecular weight excluding hydrogens is 352 g/mol. The van der Waals surface area contributed by atoms with Crippen molar-refractivity contribution in [1.82, 2.24) is 9.80 Å². The van der Waals surface area contributed by atoms with Crippen molar-refractivity contribution in [3.05, 3.63) is 35.4 Å². The van der Waals surface area contributed by atoms with Crippen molar-refractivity contribution in [2.75, 3.05) is 26.7 Å². The number of amides is 1. The van der Waals surface area contributed by atoms with E-state index >= 15 is 0 Å². The van der Waals surface area contributed by atoms with Gasteiger partial charge in [0.05, 0.1) is 12.0 Å². The zero-order valence-corrected chi connectivity index (χ0v) is 17.3. The number of benzene rings is 1. The number of carboxylic acid groups (broad SMARTS) is 1. The highest BCUT2D eigenvalue weighted by atomic mass is 16.4. The van der Waals surface area contributed by atoms with E-state index < -0.39 is 5.97 Å². The highest BCUT2D eigenvalue weighted by molar-refractivity contribution is 5.89. The number of hydrogen-bond acceptors (Lipinski definition) is 3. The van der Waals surface area contributed by atoms with Gasteiger partial charge in [0.25, 0.3) is 0 Å². The first kappa shape index (κ1) is 20.8. The lowest BCUT2D eigenvalue weighted by molar-refractivity contribution is -0.140. The maximum Gasteiger partial charge on any atom is 0.317 e. The molecule has 1 aromatic rings. The molecule has 1 unspecified atom stereocenters. The fraction of sp³-hybridized carbons (Fsp3) is 0.652. The summed E-state index contributed by atoms with van der Waals surface area (Å²) in [5.41, 5.74) is 2.05. The summed E-state index contributed by atoms with van der Waals surface area (Å²) in [7, 11) is 1.88. The smallest absolute Gasteiger partial charge is 0.317 e. The monoisotopic (exact) mass is 386 g/mol. The summed E-state index contributed by atoms with van der Waals surface area (Å²) in [5.74, 6) is -0.497. The maximum atomic E-state index is 13.9. The molecule has 2 aliphatic rings. The van der Waals surface area contributed by atoms with Crippen molar-refractivity contribution >= 4 is 11.9 Å². The van der Waals surface area contributed by atoms with Crippen LogP contribution in [0.25, 0.3) is 0 Å². The first-order chi connectivity index (χ1) is 13.4. The van der Waals surface area contributed by atoms with Gasteiger partial charge in [-0.05, 0) is 57.2 Å². The highest BCUT2D eigenvalue weighted by Gasteiger charge is 2.44. The summed E-state index contributed by atoms with van der Waals surface area (Å²) in [4.78, 5) is 28.9. The largest absolute Gasteiger partial charge is 0.480 e. The van der Waals surface area contributed by atoms with Crippen LogP contribution in [0.3, 0.4) is 0 Å². The molecule has 1 atom stereocenters. The number of aryl methyl sites for hydroxylation is 1. The number of rotatable bonds is 5. The Morgan fingerprint density at radius 1 is 1.11 bits per heavy atom. The molecule has 1 N–H and O–H groups in total. The fourth-order valence-electron chi connectivity index (χ4n) is 5.23. The fourth-order valence-corrected chi connectivity index (χ4v) is 5.23. The van der Waals surface area contributed by atoms with Gasteiger partial charge in [0.2, 0.25) is 5.91 Å². The predicted molar refractivity (Wildman–Crippen MR) is 110 cm³/mol. The average molecular weight is 387 g/mol. The number of hydrogen-bond donors (Lipinski definition) is 1. The SMILES string of the molecule is Cc1ccccc1C1(C(=O)N2CCCC(N(C)CC(=O)O)CC2)CCCCC1.